The van der Waals surface area contributed by atoms with Crippen LogP contribution in [0.4, 0.5) is 0 Å². The molecule has 1 aromatic carbocycles. The van der Waals surface area contributed by atoms with Crippen molar-refractivity contribution in [1.29, 1.82) is 0 Å². The van der Waals surface area contributed by atoms with E-state index in [1.165, 1.54) is 38.0 Å². The monoisotopic (exact) mass is 427 g/mol. The molecule has 0 radical (unpaired) electrons. The van der Waals surface area contributed by atoms with Crippen LogP contribution in [0, 0.1) is 0 Å². The topological polar surface area (TPSA) is 12.0 Å². The van der Waals surface area contributed by atoms with E-state index in [2.05, 4.69) is 74.4 Å². The maximum absolute atomic E-state index is 3.72. The van der Waals surface area contributed by atoms with Gasteiger partial charge in [-0.05, 0) is 80.8 Å². The van der Waals surface area contributed by atoms with Crippen molar-refractivity contribution < 1.29 is 0 Å². The lowest BCUT2D eigenvalue weighted by Crippen LogP contribution is -2.27. The molecule has 1 aromatic heterocycles. The Morgan fingerprint density at radius 3 is 2.81 bits per heavy atom. The fourth-order valence-corrected chi connectivity index (χ4v) is 5.19. The van der Waals surface area contributed by atoms with Crippen LogP contribution in [0.15, 0.2) is 38.6 Å². The van der Waals surface area contributed by atoms with Gasteiger partial charge in [-0.3, -0.25) is 0 Å². The van der Waals surface area contributed by atoms with E-state index in [0.717, 1.165) is 6.54 Å². The first-order valence-electron chi connectivity index (χ1n) is 7.45. The lowest BCUT2D eigenvalue weighted by atomic mass is 9.74. The third kappa shape index (κ3) is 3.44. The summed E-state index contributed by atoms with van der Waals surface area (Å²) in [6, 6.07) is 11.6. The van der Waals surface area contributed by atoms with E-state index in [9.17, 15) is 0 Å². The van der Waals surface area contributed by atoms with Crippen LogP contribution in [-0.2, 0) is 6.42 Å². The molecule has 1 N–H and O–H groups in total. The van der Waals surface area contributed by atoms with E-state index in [1.54, 1.807) is 5.56 Å². The maximum Gasteiger partial charge on any atom is 0.0843 e. The molecule has 3 rings (SSSR count). The molecule has 0 fully saturated rings. The third-order valence-corrected chi connectivity index (χ3v) is 7.50. The van der Waals surface area contributed by atoms with Crippen molar-refractivity contribution in [3.05, 3.63) is 54.6 Å². The third-order valence-electron chi connectivity index (χ3n) is 4.13. The molecule has 2 atom stereocenters. The Bertz CT molecular complexity index is 604. The normalized spacial score (nSPS) is 18.1. The molecule has 1 aliphatic carbocycles. The second kappa shape index (κ2) is 6.95. The second-order valence-electron chi connectivity index (χ2n) is 5.61. The highest BCUT2D eigenvalue weighted by atomic mass is 79.9. The fraction of sp³-hybridized carbons (Fsp3) is 0.412. The molecule has 0 spiro atoms. The minimum atomic E-state index is 0.455. The Morgan fingerprint density at radius 1 is 1.33 bits per heavy atom. The standard InChI is InChI=1S/C17H19Br2NS/c1-2-7-20-15(16-10-14(18)17(19)21-16)9-12-8-11-5-3-4-6-13(11)12/h3-6,10,12,15,20H,2,7-9H2,1H3. The Balaban J connectivity index is 1.75. The van der Waals surface area contributed by atoms with Crippen LogP contribution in [0.5, 0.6) is 0 Å². The van der Waals surface area contributed by atoms with Gasteiger partial charge in [0.25, 0.3) is 0 Å². The highest BCUT2D eigenvalue weighted by molar-refractivity contribution is 9.13. The number of thiophene rings is 1. The van der Waals surface area contributed by atoms with Gasteiger partial charge in [-0.2, -0.15) is 0 Å². The fourth-order valence-electron chi connectivity index (χ4n) is 3.01. The highest BCUT2D eigenvalue weighted by Crippen LogP contribution is 2.43. The van der Waals surface area contributed by atoms with Crippen LogP contribution < -0.4 is 5.32 Å². The van der Waals surface area contributed by atoms with Gasteiger partial charge in [-0.25, -0.2) is 0 Å². The van der Waals surface area contributed by atoms with Crippen LogP contribution in [0.25, 0.3) is 0 Å². The van der Waals surface area contributed by atoms with E-state index < -0.39 is 0 Å². The summed E-state index contributed by atoms with van der Waals surface area (Å²) in [5.74, 6) is 0.704. The number of rotatable bonds is 6. The average molecular weight is 429 g/mol. The van der Waals surface area contributed by atoms with Crippen molar-refractivity contribution in [2.45, 2.75) is 38.1 Å². The van der Waals surface area contributed by atoms with E-state index in [0.29, 0.717) is 12.0 Å². The number of benzene rings is 1. The first-order chi connectivity index (χ1) is 10.2. The molecule has 0 saturated heterocycles. The number of halogens is 2. The molecular weight excluding hydrogens is 410 g/mol. The summed E-state index contributed by atoms with van der Waals surface area (Å²) in [5.41, 5.74) is 3.08. The minimum Gasteiger partial charge on any atom is -0.309 e. The highest BCUT2D eigenvalue weighted by Gasteiger charge is 2.29. The molecule has 112 valence electrons. The molecule has 4 heteroatoms. The summed E-state index contributed by atoms with van der Waals surface area (Å²) >= 11 is 9.07. The van der Waals surface area contributed by atoms with Gasteiger partial charge < -0.3 is 5.32 Å². The number of nitrogens with one attached hydrogen (secondary N) is 1. The van der Waals surface area contributed by atoms with Gasteiger partial charge in [-0.1, -0.05) is 31.2 Å². The van der Waals surface area contributed by atoms with Crippen molar-refractivity contribution in [2.75, 3.05) is 6.54 Å². The summed E-state index contributed by atoms with van der Waals surface area (Å²) in [5, 5.41) is 3.72. The van der Waals surface area contributed by atoms with Gasteiger partial charge in [0.1, 0.15) is 0 Å². The summed E-state index contributed by atoms with van der Waals surface area (Å²) in [6.45, 7) is 3.30. The quantitative estimate of drug-likeness (QED) is 0.590. The van der Waals surface area contributed by atoms with Crippen LogP contribution >= 0.6 is 43.2 Å². The zero-order valence-corrected chi connectivity index (χ0v) is 16.0. The van der Waals surface area contributed by atoms with Gasteiger partial charge in [0.2, 0.25) is 0 Å². The predicted molar refractivity (Wildman–Crippen MR) is 98.3 cm³/mol. The molecule has 1 heterocycles. The lowest BCUT2D eigenvalue weighted by Gasteiger charge is -2.33. The molecule has 0 bridgehead atoms. The van der Waals surface area contributed by atoms with Crippen LogP contribution in [-0.4, -0.2) is 6.54 Å². The first-order valence-corrected chi connectivity index (χ1v) is 9.85. The maximum atomic E-state index is 3.72. The Hall–Kier alpha value is -0.160. The van der Waals surface area contributed by atoms with E-state index in [-0.39, 0.29) is 0 Å². The number of hydrogen-bond donors (Lipinski definition) is 1. The first kappa shape index (κ1) is 15.7. The zero-order valence-electron chi connectivity index (χ0n) is 12.0. The van der Waals surface area contributed by atoms with Crippen LogP contribution in [0.3, 0.4) is 0 Å². The van der Waals surface area contributed by atoms with Crippen molar-refractivity contribution in [3.63, 3.8) is 0 Å². The minimum absolute atomic E-state index is 0.455. The molecule has 1 aliphatic rings. The predicted octanol–water partition coefficient (Wildman–Crippen LogP) is 6.04. The van der Waals surface area contributed by atoms with Gasteiger partial charge in [0, 0.05) is 15.4 Å². The van der Waals surface area contributed by atoms with Gasteiger partial charge in [-0.15, -0.1) is 11.3 Å². The molecule has 2 aromatic rings. The van der Waals surface area contributed by atoms with Gasteiger partial charge in [0.15, 0.2) is 0 Å². The van der Waals surface area contributed by atoms with Crippen molar-refractivity contribution in [2.24, 2.45) is 0 Å². The molecule has 1 nitrogen and oxygen atoms in total. The Kier molecular flexibility index (Phi) is 5.20. The van der Waals surface area contributed by atoms with Crippen molar-refractivity contribution >= 4 is 43.2 Å². The van der Waals surface area contributed by atoms with Gasteiger partial charge in [0.05, 0.1) is 3.79 Å². The summed E-state index contributed by atoms with van der Waals surface area (Å²) < 4.78 is 2.36. The van der Waals surface area contributed by atoms with Crippen LogP contribution in [0.1, 0.15) is 47.7 Å². The van der Waals surface area contributed by atoms with Crippen LogP contribution in [0.2, 0.25) is 0 Å². The molecule has 2 unspecified atom stereocenters. The van der Waals surface area contributed by atoms with E-state index in [4.69, 9.17) is 0 Å². The van der Waals surface area contributed by atoms with Gasteiger partial charge >= 0.3 is 0 Å². The Labute approximate surface area is 147 Å². The Morgan fingerprint density at radius 2 is 2.14 bits per heavy atom. The van der Waals surface area contributed by atoms with Crippen molar-refractivity contribution in [3.8, 4) is 0 Å². The molecular formula is C17H19Br2NS. The summed E-state index contributed by atoms with van der Waals surface area (Å²) in [6.07, 6.45) is 3.59. The lowest BCUT2D eigenvalue weighted by molar-refractivity contribution is 0.433. The molecule has 0 saturated carbocycles. The molecule has 21 heavy (non-hydrogen) atoms. The average Bonchev–Trinajstić information content (AvgIpc) is 2.79. The summed E-state index contributed by atoms with van der Waals surface area (Å²) in [4.78, 5) is 1.42. The van der Waals surface area contributed by atoms with Crippen molar-refractivity contribution in [1.82, 2.24) is 5.32 Å². The van der Waals surface area contributed by atoms with E-state index in [1.807, 2.05) is 11.3 Å². The molecule has 0 amide bonds. The summed E-state index contributed by atoms with van der Waals surface area (Å²) in [7, 11) is 0. The van der Waals surface area contributed by atoms with E-state index >= 15 is 0 Å². The SMILES string of the molecule is CCCNC(CC1Cc2ccccc21)c1cc(Br)c(Br)s1. The second-order valence-corrected chi connectivity index (χ2v) is 8.87. The largest absolute Gasteiger partial charge is 0.309 e. The smallest absolute Gasteiger partial charge is 0.0843 e. The number of hydrogen-bond acceptors (Lipinski definition) is 2. The molecule has 0 aliphatic heterocycles. The number of fused-ring (bicyclic) bond motifs is 1. The zero-order chi connectivity index (χ0) is 14.8.